The molecule has 1 aliphatic carbocycles. The zero-order chi connectivity index (χ0) is 18.6. The topological polar surface area (TPSA) is 68.1 Å². The molecule has 1 fully saturated rings. The minimum absolute atomic E-state index is 0.227. The Hall–Kier alpha value is -1.25. The molecule has 1 aromatic carbocycles. The highest BCUT2D eigenvalue weighted by Crippen LogP contribution is 2.26. The molecule has 0 saturated heterocycles. The maximum Gasteiger partial charge on any atom is 0.244 e. The van der Waals surface area contributed by atoms with Gasteiger partial charge in [-0.3, -0.25) is 4.68 Å². The summed E-state index contributed by atoms with van der Waals surface area (Å²) in [7, 11) is -3.59. The lowest BCUT2D eigenvalue weighted by Crippen LogP contribution is -2.30. The van der Waals surface area contributed by atoms with E-state index in [1.807, 2.05) is 17.8 Å². The van der Waals surface area contributed by atoms with Crippen molar-refractivity contribution in [3.8, 4) is 0 Å². The molecule has 6 nitrogen and oxygen atoms in total. The third-order valence-corrected chi connectivity index (χ3v) is 7.83. The van der Waals surface area contributed by atoms with Crippen LogP contribution >= 0.6 is 15.9 Å². The van der Waals surface area contributed by atoms with E-state index in [1.54, 1.807) is 24.3 Å². The van der Waals surface area contributed by atoms with Gasteiger partial charge in [-0.1, -0.05) is 43.5 Å². The zero-order valence-corrected chi connectivity index (χ0v) is 17.4. The monoisotopic (exact) mass is 440 g/mol. The maximum atomic E-state index is 13.0. The first-order valence-corrected chi connectivity index (χ1v) is 11.4. The predicted octanol–water partition coefficient (Wildman–Crippen LogP) is 3.83. The molecule has 0 atom stereocenters. The van der Waals surface area contributed by atoms with Crippen LogP contribution in [0.2, 0.25) is 0 Å². The minimum atomic E-state index is -3.59. The summed E-state index contributed by atoms with van der Waals surface area (Å²) in [6.45, 7) is 3.31. The molecular formula is C18H25BrN4O2S. The molecule has 0 N–H and O–H groups in total. The first-order chi connectivity index (χ1) is 12.5. The number of aromatic nitrogens is 3. The maximum absolute atomic E-state index is 13.0. The van der Waals surface area contributed by atoms with E-state index in [9.17, 15) is 8.42 Å². The number of hydrogen-bond donors (Lipinski definition) is 0. The minimum Gasteiger partial charge on any atom is -0.252 e. The van der Waals surface area contributed by atoms with Crippen LogP contribution in [0.3, 0.4) is 0 Å². The number of rotatable bonds is 7. The van der Waals surface area contributed by atoms with E-state index < -0.39 is 10.0 Å². The van der Waals surface area contributed by atoms with Crippen molar-refractivity contribution in [2.45, 2.75) is 57.0 Å². The first-order valence-electron chi connectivity index (χ1n) is 9.14. The number of nitrogens with zero attached hydrogens (tertiary/aromatic N) is 4. The fourth-order valence-corrected chi connectivity index (χ4v) is 5.86. The lowest BCUT2D eigenvalue weighted by molar-refractivity contribution is 0.305. The first kappa shape index (κ1) is 19.5. The standard InChI is InChI=1S/C18H25BrN4O2S/c1-2-23(26(24,25)18-11-7-6-10-17(18)19)14-16-13-22(21-20-16)12-15-8-4-3-5-9-15/h6-7,10-11,13,15H,2-5,8-9,12,14H2,1H3. The van der Waals surface area contributed by atoms with E-state index in [0.717, 1.165) is 6.54 Å². The third kappa shape index (κ3) is 4.53. The molecule has 0 aliphatic heterocycles. The van der Waals surface area contributed by atoms with Gasteiger partial charge in [0, 0.05) is 23.8 Å². The Kier molecular flexibility index (Phi) is 6.47. The zero-order valence-electron chi connectivity index (χ0n) is 15.0. The molecule has 26 heavy (non-hydrogen) atoms. The quantitative estimate of drug-likeness (QED) is 0.655. The Balaban J connectivity index is 1.71. The lowest BCUT2D eigenvalue weighted by atomic mass is 9.89. The highest BCUT2D eigenvalue weighted by Gasteiger charge is 2.26. The molecule has 0 bridgehead atoms. The number of benzene rings is 1. The number of sulfonamides is 1. The number of hydrogen-bond acceptors (Lipinski definition) is 4. The van der Waals surface area contributed by atoms with Crippen LogP contribution in [0.25, 0.3) is 0 Å². The largest absolute Gasteiger partial charge is 0.252 e. The molecule has 1 heterocycles. The molecular weight excluding hydrogens is 416 g/mol. The summed E-state index contributed by atoms with van der Waals surface area (Å²) in [4.78, 5) is 0.274. The van der Waals surface area contributed by atoms with E-state index >= 15 is 0 Å². The van der Waals surface area contributed by atoms with Crippen molar-refractivity contribution in [1.82, 2.24) is 19.3 Å². The summed E-state index contributed by atoms with van der Waals surface area (Å²) in [6, 6.07) is 6.88. The van der Waals surface area contributed by atoms with Crippen molar-refractivity contribution < 1.29 is 8.42 Å². The van der Waals surface area contributed by atoms with Crippen molar-refractivity contribution in [3.05, 3.63) is 40.6 Å². The van der Waals surface area contributed by atoms with Gasteiger partial charge in [0.15, 0.2) is 0 Å². The van der Waals surface area contributed by atoms with E-state index in [0.29, 0.717) is 22.6 Å². The van der Waals surface area contributed by atoms with E-state index in [2.05, 4.69) is 26.2 Å². The average molecular weight is 441 g/mol. The fraction of sp³-hybridized carbons (Fsp3) is 0.556. The lowest BCUT2D eigenvalue weighted by Gasteiger charge is -2.21. The molecule has 1 saturated carbocycles. The van der Waals surface area contributed by atoms with Crippen molar-refractivity contribution >= 4 is 26.0 Å². The van der Waals surface area contributed by atoms with E-state index in [4.69, 9.17) is 0 Å². The van der Waals surface area contributed by atoms with Gasteiger partial charge in [-0.15, -0.1) is 5.10 Å². The second-order valence-electron chi connectivity index (χ2n) is 6.80. The van der Waals surface area contributed by atoms with Crippen molar-refractivity contribution in [3.63, 3.8) is 0 Å². The van der Waals surface area contributed by atoms with Crippen LogP contribution in [-0.4, -0.2) is 34.3 Å². The smallest absolute Gasteiger partial charge is 0.244 e. The molecule has 1 aromatic heterocycles. The summed E-state index contributed by atoms with van der Waals surface area (Å²) >= 11 is 3.34. The summed E-state index contributed by atoms with van der Waals surface area (Å²) < 4.78 is 29.8. The van der Waals surface area contributed by atoms with Gasteiger partial charge in [0.05, 0.1) is 17.1 Å². The van der Waals surface area contributed by atoms with Crippen LogP contribution in [0.5, 0.6) is 0 Å². The molecule has 1 aliphatic rings. The average Bonchev–Trinajstić information content (AvgIpc) is 3.07. The summed E-state index contributed by atoms with van der Waals surface area (Å²) in [6.07, 6.45) is 8.28. The second kappa shape index (κ2) is 8.63. The van der Waals surface area contributed by atoms with Gasteiger partial charge >= 0.3 is 0 Å². The Morgan fingerprint density at radius 1 is 1.23 bits per heavy atom. The Morgan fingerprint density at radius 3 is 2.65 bits per heavy atom. The predicted molar refractivity (Wildman–Crippen MR) is 104 cm³/mol. The van der Waals surface area contributed by atoms with E-state index in [-0.39, 0.29) is 11.4 Å². The van der Waals surface area contributed by atoms with Gasteiger partial charge in [-0.25, -0.2) is 8.42 Å². The Bertz CT molecular complexity index is 831. The summed E-state index contributed by atoms with van der Waals surface area (Å²) in [5, 5.41) is 8.40. The summed E-state index contributed by atoms with van der Waals surface area (Å²) in [5.41, 5.74) is 0.679. The van der Waals surface area contributed by atoms with Gasteiger partial charge in [0.2, 0.25) is 10.0 Å². The Labute approximate surface area is 163 Å². The molecule has 2 aromatic rings. The number of halogens is 1. The van der Waals surface area contributed by atoms with Gasteiger partial charge in [-0.2, -0.15) is 4.31 Å². The van der Waals surface area contributed by atoms with Crippen LogP contribution in [0.1, 0.15) is 44.7 Å². The van der Waals surface area contributed by atoms with Crippen LogP contribution < -0.4 is 0 Å². The van der Waals surface area contributed by atoms with Crippen LogP contribution in [0.4, 0.5) is 0 Å². The van der Waals surface area contributed by atoms with Gasteiger partial charge in [0.25, 0.3) is 0 Å². The van der Waals surface area contributed by atoms with Crippen molar-refractivity contribution in [1.29, 1.82) is 0 Å². The molecule has 0 spiro atoms. The van der Waals surface area contributed by atoms with E-state index in [1.165, 1.54) is 36.4 Å². The molecule has 0 radical (unpaired) electrons. The molecule has 8 heteroatoms. The van der Waals surface area contributed by atoms with Gasteiger partial charge in [0.1, 0.15) is 0 Å². The van der Waals surface area contributed by atoms with Crippen LogP contribution in [0.15, 0.2) is 39.8 Å². The molecule has 0 amide bonds. The van der Waals surface area contributed by atoms with Crippen LogP contribution in [0, 0.1) is 5.92 Å². The Morgan fingerprint density at radius 2 is 1.96 bits per heavy atom. The highest BCUT2D eigenvalue weighted by atomic mass is 79.9. The van der Waals surface area contributed by atoms with Crippen molar-refractivity contribution in [2.24, 2.45) is 5.92 Å². The summed E-state index contributed by atoms with van der Waals surface area (Å²) in [5.74, 6) is 0.657. The van der Waals surface area contributed by atoms with Crippen LogP contribution in [-0.2, 0) is 23.1 Å². The van der Waals surface area contributed by atoms with Crippen molar-refractivity contribution in [2.75, 3.05) is 6.54 Å². The SMILES string of the molecule is CCN(Cc1cn(CC2CCCCC2)nn1)S(=O)(=O)c1ccccc1Br. The second-order valence-corrected chi connectivity index (χ2v) is 9.56. The molecule has 3 rings (SSSR count). The molecule has 0 unspecified atom stereocenters. The fourth-order valence-electron chi connectivity index (χ4n) is 3.47. The van der Waals surface area contributed by atoms with Gasteiger partial charge < -0.3 is 0 Å². The van der Waals surface area contributed by atoms with Gasteiger partial charge in [-0.05, 0) is 46.8 Å². The normalized spacial score (nSPS) is 16.3. The highest BCUT2D eigenvalue weighted by molar-refractivity contribution is 9.10. The molecule has 142 valence electrons. The third-order valence-electron chi connectivity index (χ3n) is 4.90.